The summed E-state index contributed by atoms with van der Waals surface area (Å²) >= 11 is 0. The summed E-state index contributed by atoms with van der Waals surface area (Å²) in [5.74, 6) is 1.58. The quantitative estimate of drug-likeness (QED) is 0.445. The number of aliphatic imine (C=N–C) groups is 1. The van der Waals surface area contributed by atoms with Gasteiger partial charge in [0.05, 0.1) is 5.92 Å². The summed E-state index contributed by atoms with van der Waals surface area (Å²) in [6.45, 7) is 4.83. The zero-order chi connectivity index (χ0) is 22.3. The predicted molar refractivity (Wildman–Crippen MR) is 125 cm³/mol. The minimum Gasteiger partial charge on any atom is -0.333 e. The van der Waals surface area contributed by atoms with Crippen LogP contribution >= 0.6 is 0 Å². The fraction of sp³-hybridized carbons (Fsp3) is 0.630. The second kappa shape index (κ2) is 8.57. The Balaban J connectivity index is 1.46. The monoisotopic (exact) mass is 433 g/mol. The number of nitrogens with zero attached hydrogens (tertiary/aromatic N) is 3. The van der Waals surface area contributed by atoms with E-state index in [-0.39, 0.29) is 22.8 Å². The molecule has 170 valence electrons. The smallest absolute Gasteiger partial charge is 0.259 e. The lowest BCUT2D eigenvalue weighted by Crippen LogP contribution is -2.62. The van der Waals surface area contributed by atoms with Crippen molar-refractivity contribution in [2.75, 3.05) is 6.54 Å². The van der Waals surface area contributed by atoms with Crippen molar-refractivity contribution in [3.8, 4) is 0 Å². The molecular formula is C27H35N3O2. The van der Waals surface area contributed by atoms with E-state index in [4.69, 9.17) is 0 Å². The Labute approximate surface area is 191 Å². The molecule has 1 aromatic heterocycles. The van der Waals surface area contributed by atoms with Gasteiger partial charge in [0, 0.05) is 36.4 Å². The van der Waals surface area contributed by atoms with Crippen LogP contribution in [0.1, 0.15) is 83.1 Å². The first-order valence-electron chi connectivity index (χ1n) is 12.5. The van der Waals surface area contributed by atoms with E-state index < -0.39 is 5.92 Å². The lowest BCUT2D eigenvalue weighted by Gasteiger charge is -2.60. The van der Waals surface area contributed by atoms with Crippen molar-refractivity contribution >= 4 is 17.4 Å². The van der Waals surface area contributed by atoms with Crippen molar-refractivity contribution in [1.29, 1.82) is 0 Å². The van der Waals surface area contributed by atoms with E-state index in [1.165, 1.54) is 19.3 Å². The molecule has 1 aromatic rings. The fourth-order valence-corrected chi connectivity index (χ4v) is 7.37. The summed E-state index contributed by atoms with van der Waals surface area (Å²) in [5.41, 5.74) is 1.81. The Hall–Kier alpha value is -2.30. The lowest BCUT2D eigenvalue weighted by molar-refractivity contribution is -0.147. The number of hydrogen-bond donors (Lipinski definition) is 0. The second-order valence-corrected chi connectivity index (χ2v) is 10.7. The molecule has 2 heterocycles. The number of carbonyl (C=O) groups excluding carboxylic acids is 2. The van der Waals surface area contributed by atoms with Gasteiger partial charge in [0.2, 0.25) is 0 Å². The van der Waals surface area contributed by atoms with Crippen molar-refractivity contribution < 1.29 is 9.59 Å². The van der Waals surface area contributed by atoms with E-state index in [2.05, 4.69) is 21.8 Å². The Kier molecular flexibility index (Phi) is 5.77. The summed E-state index contributed by atoms with van der Waals surface area (Å²) in [5, 5.41) is 0. The van der Waals surface area contributed by atoms with Gasteiger partial charge in [0.1, 0.15) is 5.57 Å². The molecule has 0 spiro atoms. The maximum absolute atomic E-state index is 14.1. The van der Waals surface area contributed by atoms with Crippen LogP contribution in [0.2, 0.25) is 0 Å². The van der Waals surface area contributed by atoms with Gasteiger partial charge in [-0.1, -0.05) is 19.8 Å². The van der Waals surface area contributed by atoms with Crippen LogP contribution in [0.3, 0.4) is 0 Å². The summed E-state index contributed by atoms with van der Waals surface area (Å²) in [4.78, 5) is 38.4. The van der Waals surface area contributed by atoms with Crippen LogP contribution in [0.5, 0.6) is 0 Å². The molecule has 5 heteroatoms. The normalized spacial score (nSPS) is 33.1. The van der Waals surface area contributed by atoms with Crippen LogP contribution < -0.4 is 0 Å². The number of unbranched alkanes of at least 4 members (excludes halogenated alkanes) is 2. The minimum absolute atomic E-state index is 0.0525. The molecule has 4 saturated carbocycles. The first kappa shape index (κ1) is 21.5. The van der Waals surface area contributed by atoms with Crippen LogP contribution in [-0.4, -0.2) is 39.4 Å². The highest BCUT2D eigenvalue weighted by molar-refractivity contribution is 6.28. The van der Waals surface area contributed by atoms with Crippen LogP contribution in [0, 0.1) is 17.8 Å². The molecule has 0 saturated heterocycles. The molecule has 5 nitrogen and oxygen atoms in total. The molecular weight excluding hydrogens is 398 g/mol. The summed E-state index contributed by atoms with van der Waals surface area (Å²) < 4.78 is 0. The summed E-state index contributed by atoms with van der Waals surface area (Å²) in [6, 6.07) is 3.71. The van der Waals surface area contributed by atoms with Gasteiger partial charge in [-0.25, -0.2) is 0 Å². The largest absolute Gasteiger partial charge is 0.333 e. The van der Waals surface area contributed by atoms with Crippen molar-refractivity contribution in [3.05, 3.63) is 41.9 Å². The molecule has 6 rings (SSSR count). The van der Waals surface area contributed by atoms with Crippen molar-refractivity contribution in [3.63, 3.8) is 0 Å². The highest BCUT2D eigenvalue weighted by Gasteiger charge is 2.55. The summed E-state index contributed by atoms with van der Waals surface area (Å²) in [7, 11) is 0. The first-order valence-corrected chi connectivity index (χ1v) is 12.5. The van der Waals surface area contributed by atoms with Gasteiger partial charge in [0.15, 0.2) is 5.78 Å². The van der Waals surface area contributed by atoms with Gasteiger partial charge in [-0.3, -0.25) is 19.6 Å². The van der Waals surface area contributed by atoms with E-state index in [1.54, 1.807) is 18.6 Å². The second-order valence-electron chi connectivity index (χ2n) is 10.7. The third-order valence-electron chi connectivity index (χ3n) is 8.42. The van der Waals surface area contributed by atoms with Gasteiger partial charge >= 0.3 is 0 Å². The predicted octanol–water partition coefficient (Wildman–Crippen LogP) is 5.08. The molecule has 1 aliphatic heterocycles. The Morgan fingerprint density at radius 3 is 2.28 bits per heavy atom. The number of hydrogen-bond acceptors (Lipinski definition) is 4. The average Bonchev–Trinajstić information content (AvgIpc) is 2.76. The van der Waals surface area contributed by atoms with E-state index in [9.17, 15) is 9.59 Å². The molecule has 0 N–H and O–H groups in total. The number of rotatable bonds is 7. The van der Waals surface area contributed by atoms with Gasteiger partial charge in [0.25, 0.3) is 5.91 Å². The number of aromatic nitrogens is 1. The number of Topliss-reactive ketones (excluding diaryl/α,β-unsaturated/α-hetero) is 1. The molecule has 32 heavy (non-hydrogen) atoms. The maximum atomic E-state index is 14.1. The van der Waals surface area contributed by atoms with Gasteiger partial charge in [-0.05, 0) is 87.3 Å². The zero-order valence-corrected chi connectivity index (χ0v) is 19.4. The minimum atomic E-state index is -0.490. The number of pyridine rings is 1. The van der Waals surface area contributed by atoms with Gasteiger partial charge in [-0.2, -0.15) is 0 Å². The molecule has 0 aromatic carbocycles. The van der Waals surface area contributed by atoms with Crippen LogP contribution in [0.15, 0.2) is 41.3 Å². The highest BCUT2D eigenvalue weighted by atomic mass is 16.2. The standard InChI is InChI=1S/C27H35N3O2/c1-3-4-5-10-30(27-14-19-11-20(15-27)13-21(12-19)16-27)26(32)23-17-29-18(2)24(25(23)31)22-6-8-28-9-7-22/h6-9,17,19-21,24H,3-5,10-16H2,1-2H3. The van der Waals surface area contributed by atoms with E-state index in [1.807, 2.05) is 19.1 Å². The molecule has 4 fully saturated rings. The topological polar surface area (TPSA) is 62.6 Å². The molecule has 4 bridgehead atoms. The fourth-order valence-electron chi connectivity index (χ4n) is 7.37. The molecule has 4 aliphatic carbocycles. The van der Waals surface area contributed by atoms with Crippen LogP contribution in [0.4, 0.5) is 0 Å². The molecule has 1 atom stereocenters. The highest BCUT2D eigenvalue weighted by Crippen LogP contribution is 2.58. The average molecular weight is 434 g/mol. The SMILES string of the molecule is CCCCCN(C(=O)C1=CN=C(C)C(c2ccncc2)C1=O)C12CC3CC(CC(C3)C1)C2. The molecule has 1 unspecified atom stereocenters. The van der Waals surface area contributed by atoms with Crippen LogP contribution in [-0.2, 0) is 9.59 Å². The van der Waals surface area contributed by atoms with E-state index >= 15 is 0 Å². The Morgan fingerprint density at radius 2 is 1.69 bits per heavy atom. The maximum Gasteiger partial charge on any atom is 0.259 e. The lowest BCUT2D eigenvalue weighted by atomic mass is 9.52. The van der Waals surface area contributed by atoms with E-state index in [0.717, 1.165) is 74.1 Å². The number of carbonyl (C=O) groups is 2. The van der Waals surface area contributed by atoms with Crippen molar-refractivity contribution in [2.24, 2.45) is 22.7 Å². The zero-order valence-electron chi connectivity index (χ0n) is 19.4. The van der Waals surface area contributed by atoms with Crippen LogP contribution in [0.25, 0.3) is 0 Å². The first-order chi connectivity index (χ1) is 15.5. The Morgan fingerprint density at radius 1 is 1.06 bits per heavy atom. The third-order valence-corrected chi connectivity index (χ3v) is 8.42. The van der Waals surface area contributed by atoms with Gasteiger partial charge in [-0.15, -0.1) is 0 Å². The van der Waals surface area contributed by atoms with E-state index in [0.29, 0.717) is 0 Å². The number of amides is 1. The molecule has 1 amide bonds. The Bertz CT molecular complexity index is 914. The third kappa shape index (κ3) is 3.74. The van der Waals surface area contributed by atoms with Crippen molar-refractivity contribution in [2.45, 2.75) is 83.1 Å². The van der Waals surface area contributed by atoms with Gasteiger partial charge < -0.3 is 4.90 Å². The van der Waals surface area contributed by atoms with Crippen molar-refractivity contribution in [1.82, 2.24) is 9.88 Å². The summed E-state index contributed by atoms with van der Waals surface area (Å²) in [6.07, 6.45) is 15.6. The number of ketones is 1. The molecule has 0 radical (unpaired) electrons. The molecule has 5 aliphatic rings.